The van der Waals surface area contributed by atoms with Gasteiger partial charge in [0, 0.05) is 5.69 Å². The lowest BCUT2D eigenvalue weighted by atomic mass is 9.82. The van der Waals surface area contributed by atoms with Crippen molar-refractivity contribution in [1.82, 2.24) is 0 Å². The second kappa shape index (κ2) is 9.17. The lowest BCUT2D eigenvalue weighted by molar-refractivity contribution is -0.150. The Bertz CT molecular complexity index is 604. The molecule has 1 aromatic carbocycles. The molecule has 0 aliphatic heterocycles. The van der Waals surface area contributed by atoms with E-state index in [0.717, 1.165) is 32.8 Å². The maximum absolute atomic E-state index is 11.5. The summed E-state index contributed by atoms with van der Waals surface area (Å²) in [7, 11) is 2.51. The van der Waals surface area contributed by atoms with E-state index < -0.39 is 11.9 Å². The molecule has 0 atom stereocenters. The number of nitrogens with one attached hydrogen (secondary N) is 1. The number of carbonyl (C=O) groups excluding carboxylic acids is 3. The van der Waals surface area contributed by atoms with Gasteiger partial charge in [-0.15, -0.1) is 0 Å². The Balaban J connectivity index is 1.82. The normalized spacial score (nSPS) is 19.8. The molecule has 1 aliphatic rings. The molecule has 7 nitrogen and oxygen atoms in total. The van der Waals surface area contributed by atoms with Crippen LogP contribution in [0.4, 0.5) is 5.69 Å². The number of ether oxygens (including phenoxy) is 3. The molecule has 136 valence electrons. The van der Waals surface area contributed by atoms with Crippen molar-refractivity contribution in [3.05, 3.63) is 29.8 Å². The van der Waals surface area contributed by atoms with E-state index in [2.05, 4.69) is 14.8 Å². The van der Waals surface area contributed by atoms with Gasteiger partial charge in [-0.25, -0.2) is 9.59 Å². The molecule has 1 aliphatic carbocycles. The minimum absolute atomic E-state index is 0.000419. The van der Waals surface area contributed by atoms with E-state index in [1.54, 1.807) is 12.1 Å². The van der Waals surface area contributed by atoms with E-state index in [9.17, 15) is 14.4 Å². The Morgan fingerprint density at radius 2 is 1.64 bits per heavy atom. The molecule has 1 N–H and O–H groups in total. The molecule has 7 heteroatoms. The Morgan fingerprint density at radius 1 is 1.00 bits per heavy atom. The van der Waals surface area contributed by atoms with Crippen LogP contribution in [0.1, 0.15) is 37.2 Å². The minimum Gasteiger partial charge on any atom is -0.467 e. The van der Waals surface area contributed by atoms with Gasteiger partial charge in [0.05, 0.1) is 20.3 Å². The van der Waals surface area contributed by atoms with Crippen LogP contribution in [-0.4, -0.2) is 44.8 Å². The summed E-state index contributed by atoms with van der Waals surface area (Å²) < 4.78 is 14.5. The molecule has 0 radical (unpaired) electrons. The average molecular weight is 349 g/mol. The van der Waals surface area contributed by atoms with Crippen LogP contribution in [-0.2, 0) is 28.6 Å². The molecule has 1 saturated carbocycles. The van der Waals surface area contributed by atoms with Gasteiger partial charge in [0.15, 0.2) is 0 Å². The molecule has 0 saturated heterocycles. The zero-order chi connectivity index (χ0) is 18.2. The van der Waals surface area contributed by atoms with E-state index in [1.165, 1.54) is 12.7 Å². The van der Waals surface area contributed by atoms with Gasteiger partial charge in [0.1, 0.15) is 6.61 Å². The van der Waals surface area contributed by atoms with Crippen molar-refractivity contribution < 1.29 is 28.6 Å². The second-order valence-electron chi connectivity index (χ2n) is 5.93. The summed E-state index contributed by atoms with van der Waals surface area (Å²) in [5.74, 6) is -1.65. The van der Waals surface area contributed by atoms with Crippen molar-refractivity contribution in [2.24, 2.45) is 0 Å². The first-order valence-corrected chi connectivity index (χ1v) is 8.21. The number of methoxy groups -OCH3 is 2. The van der Waals surface area contributed by atoms with Crippen LogP contribution in [0.25, 0.3) is 0 Å². The van der Waals surface area contributed by atoms with Crippen molar-refractivity contribution in [3.8, 4) is 0 Å². The number of amides is 1. The predicted octanol–water partition coefficient (Wildman–Crippen LogP) is 2.01. The summed E-state index contributed by atoms with van der Waals surface area (Å²) in [5, 5.41) is 2.49. The van der Waals surface area contributed by atoms with Gasteiger partial charge in [-0.3, -0.25) is 4.79 Å². The average Bonchev–Trinajstić information content (AvgIpc) is 2.66. The molecule has 0 heterocycles. The van der Waals surface area contributed by atoms with E-state index >= 15 is 0 Å². The van der Waals surface area contributed by atoms with Crippen LogP contribution in [0.15, 0.2) is 24.3 Å². The molecule has 0 aromatic heterocycles. The van der Waals surface area contributed by atoms with Crippen LogP contribution >= 0.6 is 0 Å². The number of rotatable bonds is 5. The molecule has 1 amide bonds. The molecule has 1 aromatic rings. The highest BCUT2D eigenvalue weighted by molar-refractivity contribution is 6.37. The maximum Gasteiger partial charge on any atom is 0.396 e. The van der Waals surface area contributed by atoms with Crippen molar-refractivity contribution in [2.45, 2.75) is 37.7 Å². The summed E-state index contributed by atoms with van der Waals surface area (Å²) in [4.78, 5) is 33.7. The lowest BCUT2D eigenvalue weighted by Gasteiger charge is -2.28. The van der Waals surface area contributed by atoms with Crippen LogP contribution in [0.5, 0.6) is 0 Å². The summed E-state index contributed by atoms with van der Waals surface area (Å²) in [6.45, 7) is 0.000419. The standard InChI is InChI=1S/C18H23NO6/c1-23-16(20)11-25-15-9-5-13(6-10-15)12-3-7-14(8-4-12)19-17(21)18(22)24-2/h3-4,7-8,13,15H,5-6,9-11H2,1-2H3,(H,19,21)/t13-,15-. The summed E-state index contributed by atoms with van der Waals surface area (Å²) in [6, 6.07) is 7.45. The first kappa shape index (κ1) is 18.9. The zero-order valence-electron chi connectivity index (χ0n) is 14.4. The first-order valence-electron chi connectivity index (χ1n) is 8.21. The van der Waals surface area contributed by atoms with E-state index in [0.29, 0.717) is 11.6 Å². The second-order valence-corrected chi connectivity index (χ2v) is 5.93. The molecular formula is C18H23NO6. The maximum atomic E-state index is 11.5. The number of carbonyl (C=O) groups is 3. The van der Waals surface area contributed by atoms with Crippen LogP contribution in [0.2, 0.25) is 0 Å². The topological polar surface area (TPSA) is 90.9 Å². The van der Waals surface area contributed by atoms with Gasteiger partial charge < -0.3 is 19.5 Å². The fraction of sp³-hybridized carbons (Fsp3) is 0.500. The van der Waals surface area contributed by atoms with Gasteiger partial charge in [0.2, 0.25) is 0 Å². The third-order valence-corrected chi connectivity index (χ3v) is 4.35. The fourth-order valence-corrected chi connectivity index (χ4v) is 2.92. The number of esters is 2. The Kier molecular flexibility index (Phi) is 6.94. The molecule has 0 unspecified atom stereocenters. The first-order chi connectivity index (χ1) is 12.0. The highest BCUT2D eigenvalue weighted by Gasteiger charge is 2.23. The van der Waals surface area contributed by atoms with Crippen LogP contribution in [0.3, 0.4) is 0 Å². The van der Waals surface area contributed by atoms with Gasteiger partial charge >= 0.3 is 17.8 Å². The van der Waals surface area contributed by atoms with Crippen molar-refractivity contribution in [3.63, 3.8) is 0 Å². The van der Waals surface area contributed by atoms with Crippen LogP contribution in [0, 0.1) is 0 Å². The summed E-state index contributed by atoms with van der Waals surface area (Å²) >= 11 is 0. The molecule has 25 heavy (non-hydrogen) atoms. The zero-order valence-corrected chi connectivity index (χ0v) is 14.4. The van der Waals surface area contributed by atoms with Gasteiger partial charge in [-0.1, -0.05) is 12.1 Å². The van der Waals surface area contributed by atoms with Crippen molar-refractivity contribution in [2.75, 3.05) is 26.1 Å². The minimum atomic E-state index is -0.922. The summed E-state index contributed by atoms with van der Waals surface area (Å²) in [5.41, 5.74) is 1.73. The van der Waals surface area contributed by atoms with Crippen LogP contribution < -0.4 is 5.32 Å². The fourth-order valence-electron chi connectivity index (χ4n) is 2.92. The van der Waals surface area contributed by atoms with Gasteiger partial charge in [-0.05, 0) is 49.3 Å². The molecule has 1 fully saturated rings. The molecule has 0 bridgehead atoms. The highest BCUT2D eigenvalue weighted by Crippen LogP contribution is 2.34. The molecule has 2 rings (SSSR count). The molecular weight excluding hydrogens is 326 g/mol. The quantitative estimate of drug-likeness (QED) is 0.646. The van der Waals surface area contributed by atoms with Crippen molar-refractivity contribution >= 4 is 23.5 Å². The van der Waals surface area contributed by atoms with Crippen molar-refractivity contribution in [1.29, 1.82) is 0 Å². The number of hydrogen-bond donors (Lipinski definition) is 1. The predicted molar refractivity (Wildman–Crippen MR) is 90.1 cm³/mol. The van der Waals surface area contributed by atoms with E-state index in [1.807, 2.05) is 12.1 Å². The Labute approximate surface area is 146 Å². The van der Waals surface area contributed by atoms with Gasteiger partial charge in [-0.2, -0.15) is 0 Å². The Morgan fingerprint density at radius 3 is 2.20 bits per heavy atom. The monoisotopic (exact) mass is 349 g/mol. The third-order valence-electron chi connectivity index (χ3n) is 4.35. The number of benzene rings is 1. The van der Waals surface area contributed by atoms with E-state index in [4.69, 9.17) is 4.74 Å². The summed E-state index contributed by atoms with van der Waals surface area (Å²) in [6.07, 6.45) is 3.82. The SMILES string of the molecule is COC(=O)CO[C@H]1CC[C@H](c2ccc(NC(=O)C(=O)OC)cc2)CC1. The Hall–Kier alpha value is -2.41. The third kappa shape index (κ3) is 5.56. The smallest absolute Gasteiger partial charge is 0.396 e. The molecule has 0 spiro atoms. The number of hydrogen-bond acceptors (Lipinski definition) is 6. The lowest BCUT2D eigenvalue weighted by Crippen LogP contribution is -2.24. The van der Waals surface area contributed by atoms with Gasteiger partial charge in [0.25, 0.3) is 0 Å². The largest absolute Gasteiger partial charge is 0.467 e. The number of anilines is 1. The van der Waals surface area contributed by atoms with E-state index in [-0.39, 0.29) is 18.7 Å². The highest BCUT2D eigenvalue weighted by atomic mass is 16.6.